The Hall–Kier alpha value is -7.86. The smallest absolute Gasteiger partial charge is 0.255 e. The summed E-state index contributed by atoms with van der Waals surface area (Å²) in [6, 6.07) is 40.9. The van der Waals surface area contributed by atoms with Crippen molar-refractivity contribution in [1.82, 2.24) is 0 Å². The predicted octanol–water partition coefficient (Wildman–Crippen LogP) is 7.52. The fourth-order valence-corrected chi connectivity index (χ4v) is 5.21. The van der Waals surface area contributed by atoms with E-state index in [0.717, 1.165) is 0 Å². The minimum atomic E-state index is -0.595. The molecule has 54 heavy (non-hydrogen) atoms. The summed E-state index contributed by atoms with van der Waals surface area (Å²) >= 11 is 0. The average molecular weight is 717 g/mol. The summed E-state index contributed by atoms with van der Waals surface area (Å²) in [6.45, 7) is 0. The van der Waals surface area contributed by atoms with E-state index in [9.17, 15) is 28.8 Å². The highest BCUT2D eigenvalue weighted by Gasteiger charge is 2.18. The first-order chi connectivity index (χ1) is 26.2. The molecule has 12 nitrogen and oxygen atoms in total. The van der Waals surface area contributed by atoms with Crippen molar-refractivity contribution in [2.45, 2.75) is 0 Å². The Morgan fingerprint density at radius 1 is 0.315 bits per heavy atom. The highest BCUT2D eigenvalue weighted by molar-refractivity contribution is 6.13. The minimum absolute atomic E-state index is 0.0266. The van der Waals surface area contributed by atoms with Crippen molar-refractivity contribution in [3.63, 3.8) is 0 Å². The van der Waals surface area contributed by atoms with Crippen molar-refractivity contribution < 1.29 is 28.8 Å². The van der Waals surface area contributed by atoms with Crippen LogP contribution in [0.5, 0.6) is 0 Å². The van der Waals surface area contributed by atoms with Crippen molar-refractivity contribution in [3.8, 4) is 0 Å². The third-order valence-corrected chi connectivity index (χ3v) is 7.96. The van der Waals surface area contributed by atoms with Crippen LogP contribution in [0.25, 0.3) is 0 Å². The van der Waals surface area contributed by atoms with Crippen molar-refractivity contribution in [2.75, 3.05) is 31.9 Å². The second-order valence-electron chi connectivity index (χ2n) is 11.8. The molecule has 0 radical (unpaired) electrons. The van der Waals surface area contributed by atoms with Gasteiger partial charge >= 0.3 is 0 Å². The fourth-order valence-electron chi connectivity index (χ4n) is 5.21. The normalized spacial score (nSPS) is 10.3. The van der Waals surface area contributed by atoms with Crippen LogP contribution in [0.3, 0.4) is 0 Å². The maximum absolute atomic E-state index is 13.5. The summed E-state index contributed by atoms with van der Waals surface area (Å²) in [5.41, 5.74) is 3.85. The first-order valence-corrected chi connectivity index (χ1v) is 16.6. The molecule has 0 saturated carbocycles. The summed E-state index contributed by atoms with van der Waals surface area (Å²) in [5.74, 6) is -2.35. The van der Waals surface area contributed by atoms with Crippen LogP contribution in [-0.4, -0.2) is 35.9 Å². The Kier molecular flexibility index (Phi) is 11.3. The van der Waals surface area contributed by atoms with Gasteiger partial charge in [-0.05, 0) is 115 Å². The number of hydrogen-bond acceptors (Lipinski definition) is 6. The molecule has 0 aliphatic rings. The van der Waals surface area contributed by atoms with Crippen LogP contribution in [0, 0.1) is 0 Å². The van der Waals surface area contributed by atoms with Crippen LogP contribution < -0.4 is 31.9 Å². The van der Waals surface area contributed by atoms with Gasteiger partial charge in [-0.3, -0.25) is 28.8 Å². The van der Waals surface area contributed by atoms with Crippen molar-refractivity contribution >= 4 is 70.1 Å². The summed E-state index contributed by atoms with van der Waals surface area (Å²) < 4.78 is 0. The van der Waals surface area contributed by atoms with E-state index in [4.69, 9.17) is 0 Å². The van der Waals surface area contributed by atoms with Gasteiger partial charge in [-0.15, -0.1) is 0 Å². The lowest BCUT2D eigenvalue weighted by Gasteiger charge is -2.13. The third kappa shape index (κ3) is 9.47. The maximum atomic E-state index is 13.5. The zero-order chi connectivity index (χ0) is 37.9. The van der Waals surface area contributed by atoms with Gasteiger partial charge in [0.15, 0.2) is 0 Å². The van der Waals surface area contributed by atoms with E-state index in [2.05, 4.69) is 31.9 Å². The van der Waals surface area contributed by atoms with Crippen LogP contribution >= 0.6 is 0 Å². The van der Waals surface area contributed by atoms with E-state index < -0.39 is 17.7 Å². The Morgan fingerprint density at radius 2 is 0.556 bits per heavy atom. The number of anilines is 6. The van der Waals surface area contributed by atoms with E-state index >= 15 is 0 Å². The van der Waals surface area contributed by atoms with Crippen LogP contribution in [0.4, 0.5) is 34.1 Å². The summed E-state index contributed by atoms with van der Waals surface area (Å²) in [5, 5.41) is 16.4. The Bertz CT molecular complexity index is 2180. The highest BCUT2D eigenvalue weighted by Crippen LogP contribution is 2.21. The zero-order valence-corrected chi connectivity index (χ0v) is 28.5. The van der Waals surface area contributed by atoms with E-state index in [0.29, 0.717) is 51.7 Å². The standard InChI is InChI=1S/C42H32N6O6/c49-26-43-32-11-13-33(14-12-32)46-40(52)29-23-30(41(53)47-36-19-15-34(16-20-36)44-38(50)27-7-3-1-4-8-27)25-31(24-29)42(54)48-37-21-17-35(18-22-37)45-39(51)28-9-5-2-6-10-28/h1-26H,(H,43,49)(H,44,50)(H,45,51)(H,46,52)(H,47,53)(H,48,54). The molecule has 6 aromatic rings. The van der Waals surface area contributed by atoms with Gasteiger partial charge in [0, 0.05) is 61.9 Å². The van der Waals surface area contributed by atoms with Gasteiger partial charge in [-0.1, -0.05) is 36.4 Å². The molecule has 6 amide bonds. The summed E-state index contributed by atoms with van der Waals surface area (Å²) in [6.07, 6.45) is 0.535. The van der Waals surface area contributed by atoms with Gasteiger partial charge in [0.05, 0.1) is 0 Å². The SMILES string of the molecule is O=CNc1ccc(NC(=O)c2cc(C(=O)Nc3ccc(NC(=O)c4ccccc4)cc3)cc(C(=O)Nc3ccc(NC(=O)c4ccccc4)cc3)c2)cc1. The lowest BCUT2D eigenvalue weighted by Crippen LogP contribution is -2.19. The third-order valence-electron chi connectivity index (χ3n) is 7.96. The minimum Gasteiger partial charge on any atom is -0.329 e. The van der Waals surface area contributed by atoms with Crippen molar-refractivity contribution in [1.29, 1.82) is 0 Å². The zero-order valence-electron chi connectivity index (χ0n) is 28.5. The first-order valence-electron chi connectivity index (χ1n) is 16.6. The molecule has 0 saturated heterocycles. The van der Waals surface area contributed by atoms with E-state index in [1.165, 1.54) is 18.2 Å². The first kappa shape index (κ1) is 35.9. The molecule has 0 aromatic heterocycles. The lowest BCUT2D eigenvalue weighted by molar-refractivity contribution is -0.105. The second kappa shape index (κ2) is 16.9. The van der Waals surface area contributed by atoms with Gasteiger partial charge in [-0.2, -0.15) is 0 Å². The van der Waals surface area contributed by atoms with E-state index in [1.807, 2.05) is 12.1 Å². The summed E-state index contributed by atoms with van der Waals surface area (Å²) in [4.78, 5) is 76.3. The molecule has 0 spiro atoms. The summed E-state index contributed by atoms with van der Waals surface area (Å²) in [7, 11) is 0. The number of rotatable bonds is 12. The Labute approximate surface area is 309 Å². The van der Waals surface area contributed by atoms with Crippen LogP contribution in [0.1, 0.15) is 51.8 Å². The molecular weight excluding hydrogens is 684 g/mol. The molecule has 0 aliphatic carbocycles. The monoisotopic (exact) mass is 716 g/mol. The van der Waals surface area contributed by atoms with Gasteiger partial charge in [0.2, 0.25) is 6.41 Å². The molecule has 0 atom stereocenters. The quantitative estimate of drug-likeness (QED) is 0.0715. The molecular formula is C42H32N6O6. The molecule has 6 aromatic carbocycles. The predicted molar refractivity (Wildman–Crippen MR) is 208 cm³/mol. The number of amides is 6. The highest BCUT2D eigenvalue weighted by atomic mass is 16.2. The molecule has 6 rings (SSSR count). The molecule has 266 valence electrons. The molecule has 0 heterocycles. The number of nitrogens with one attached hydrogen (secondary N) is 6. The van der Waals surface area contributed by atoms with Gasteiger partial charge in [0.1, 0.15) is 0 Å². The average Bonchev–Trinajstić information content (AvgIpc) is 3.20. The molecule has 0 aliphatic heterocycles. The number of carbonyl (C=O) groups excluding carboxylic acids is 6. The second-order valence-corrected chi connectivity index (χ2v) is 11.8. The van der Waals surface area contributed by atoms with Crippen LogP contribution in [-0.2, 0) is 4.79 Å². The van der Waals surface area contributed by atoms with Crippen LogP contribution in [0.2, 0.25) is 0 Å². The molecule has 0 unspecified atom stereocenters. The fraction of sp³-hybridized carbons (Fsp3) is 0. The molecule has 6 N–H and O–H groups in total. The number of benzene rings is 6. The molecule has 0 bridgehead atoms. The molecule has 0 fully saturated rings. The van der Waals surface area contributed by atoms with Gasteiger partial charge < -0.3 is 31.9 Å². The van der Waals surface area contributed by atoms with Gasteiger partial charge in [-0.25, -0.2) is 0 Å². The number of hydrogen-bond donors (Lipinski definition) is 6. The van der Waals surface area contributed by atoms with Crippen LogP contribution in [0.15, 0.2) is 152 Å². The van der Waals surface area contributed by atoms with Crippen molar-refractivity contribution in [2.24, 2.45) is 0 Å². The molecule has 12 heteroatoms. The lowest BCUT2D eigenvalue weighted by atomic mass is 10.0. The topological polar surface area (TPSA) is 175 Å². The Morgan fingerprint density at radius 3 is 0.815 bits per heavy atom. The van der Waals surface area contributed by atoms with Gasteiger partial charge in [0.25, 0.3) is 29.5 Å². The maximum Gasteiger partial charge on any atom is 0.255 e. The van der Waals surface area contributed by atoms with Crippen molar-refractivity contribution in [3.05, 3.63) is 179 Å². The van der Waals surface area contributed by atoms with E-state index in [1.54, 1.807) is 121 Å². The Balaban J connectivity index is 1.19. The largest absolute Gasteiger partial charge is 0.329 e. The number of carbonyl (C=O) groups is 6. The van der Waals surface area contributed by atoms with E-state index in [-0.39, 0.29) is 28.5 Å².